The normalized spacial score (nSPS) is 15.5. The van der Waals surface area contributed by atoms with Crippen molar-refractivity contribution in [1.29, 1.82) is 0 Å². The monoisotopic (exact) mass is 483 g/mol. The van der Waals surface area contributed by atoms with Crippen molar-refractivity contribution in [3.8, 4) is 17.3 Å². The van der Waals surface area contributed by atoms with Crippen LogP contribution in [0.3, 0.4) is 0 Å². The Bertz CT molecular complexity index is 1310. The molecule has 0 aliphatic carbocycles. The summed E-state index contributed by atoms with van der Waals surface area (Å²) in [6.07, 6.45) is 6.92. The number of hydrogen-bond acceptors (Lipinski definition) is 4. The number of benzene rings is 2. The van der Waals surface area contributed by atoms with Crippen LogP contribution in [0, 0.1) is 5.92 Å². The van der Waals surface area contributed by atoms with Crippen LogP contribution < -0.4 is 10.1 Å². The van der Waals surface area contributed by atoms with Crippen molar-refractivity contribution in [2.24, 2.45) is 5.92 Å². The van der Waals surface area contributed by atoms with Crippen molar-refractivity contribution in [2.75, 3.05) is 25.0 Å². The van der Waals surface area contributed by atoms with Gasteiger partial charge in [-0.25, -0.2) is 4.68 Å². The molecule has 3 heterocycles. The third kappa shape index (κ3) is 4.88. The molecular formula is C28H29N5O3. The average molecular weight is 484 g/mol. The minimum absolute atomic E-state index is 0.0812. The fourth-order valence-corrected chi connectivity index (χ4v) is 4.57. The number of likely N-dealkylation sites (tertiary alicyclic amines) is 1. The minimum Gasteiger partial charge on any atom is -0.494 e. The van der Waals surface area contributed by atoms with Gasteiger partial charge < -0.3 is 19.5 Å². The molecule has 2 aromatic heterocycles. The number of para-hydroxylation sites is 1. The van der Waals surface area contributed by atoms with Crippen LogP contribution in [0.2, 0.25) is 0 Å². The molecule has 1 saturated heterocycles. The Morgan fingerprint density at radius 3 is 2.50 bits per heavy atom. The molecular weight excluding hydrogens is 454 g/mol. The zero-order chi connectivity index (χ0) is 24.9. The van der Waals surface area contributed by atoms with Gasteiger partial charge >= 0.3 is 0 Å². The third-order valence-electron chi connectivity index (χ3n) is 6.34. The second kappa shape index (κ2) is 10.5. The Morgan fingerprint density at radius 1 is 1.03 bits per heavy atom. The van der Waals surface area contributed by atoms with E-state index in [1.54, 1.807) is 15.8 Å². The van der Waals surface area contributed by atoms with Gasteiger partial charge in [0.1, 0.15) is 11.3 Å². The number of anilines is 1. The molecule has 36 heavy (non-hydrogen) atoms. The number of rotatable bonds is 7. The number of carbonyl (C=O) groups excluding carboxylic acids is 2. The quantitative estimate of drug-likeness (QED) is 0.418. The first-order valence-electron chi connectivity index (χ1n) is 12.2. The summed E-state index contributed by atoms with van der Waals surface area (Å²) in [5.41, 5.74) is 2.08. The summed E-state index contributed by atoms with van der Waals surface area (Å²) in [6, 6.07) is 20.9. The molecule has 1 aliphatic heterocycles. The lowest BCUT2D eigenvalue weighted by Gasteiger charge is -2.32. The van der Waals surface area contributed by atoms with Crippen LogP contribution in [0.5, 0.6) is 5.75 Å². The number of nitrogens with one attached hydrogen (secondary N) is 1. The predicted octanol–water partition coefficient (Wildman–Crippen LogP) is 4.55. The van der Waals surface area contributed by atoms with Crippen molar-refractivity contribution >= 4 is 17.5 Å². The second-order valence-electron chi connectivity index (χ2n) is 8.76. The van der Waals surface area contributed by atoms with Crippen LogP contribution in [-0.2, 0) is 4.79 Å². The number of aromatic nitrogens is 3. The molecule has 184 valence electrons. The molecule has 0 bridgehead atoms. The van der Waals surface area contributed by atoms with E-state index < -0.39 is 0 Å². The molecule has 2 amide bonds. The Kier molecular flexibility index (Phi) is 6.84. The zero-order valence-electron chi connectivity index (χ0n) is 20.2. The zero-order valence-corrected chi connectivity index (χ0v) is 20.2. The first kappa shape index (κ1) is 23.4. The Labute approximate surface area is 210 Å². The van der Waals surface area contributed by atoms with Crippen molar-refractivity contribution in [1.82, 2.24) is 19.2 Å². The molecule has 4 aromatic rings. The molecule has 0 radical (unpaired) electrons. The van der Waals surface area contributed by atoms with Crippen LogP contribution in [0.1, 0.15) is 30.1 Å². The largest absolute Gasteiger partial charge is 0.494 e. The fourth-order valence-electron chi connectivity index (χ4n) is 4.57. The van der Waals surface area contributed by atoms with Gasteiger partial charge in [-0.2, -0.15) is 5.10 Å². The number of piperidine rings is 1. The van der Waals surface area contributed by atoms with Crippen molar-refractivity contribution in [2.45, 2.75) is 19.8 Å². The third-order valence-corrected chi connectivity index (χ3v) is 6.34. The van der Waals surface area contributed by atoms with E-state index >= 15 is 0 Å². The van der Waals surface area contributed by atoms with E-state index in [-0.39, 0.29) is 17.7 Å². The van der Waals surface area contributed by atoms with Gasteiger partial charge in [0.05, 0.1) is 24.4 Å². The van der Waals surface area contributed by atoms with E-state index in [1.807, 2.05) is 90.6 Å². The lowest BCUT2D eigenvalue weighted by Crippen LogP contribution is -2.44. The molecule has 2 aromatic carbocycles. The van der Waals surface area contributed by atoms with Crippen LogP contribution >= 0.6 is 0 Å². The summed E-state index contributed by atoms with van der Waals surface area (Å²) in [6.45, 7) is 3.49. The van der Waals surface area contributed by atoms with Crippen molar-refractivity contribution in [3.05, 3.63) is 90.9 Å². The van der Waals surface area contributed by atoms with Gasteiger partial charge in [-0.05, 0) is 68.3 Å². The topological polar surface area (TPSA) is 81.4 Å². The Morgan fingerprint density at radius 2 is 1.78 bits per heavy atom. The molecule has 0 spiro atoms. The van der Waals surface area contributed by atoms with Gasteiger partial charge in [-0.3, -0.25) is 9.59 Å². The van der Waals surface area contributed by atoms with E-state index in [2.05, 4.69) is 10.4 Å². The molecule has 1 N–H and O–H groups in total. The highest BCUT2D eigenvalue weighted by molar-refractivity contribution is 5.98. The maximum Gasteiger partial charge on any atom is 0.259 e. The molecule has 1 atom stereocenters. The van der Waals surface area contributed by atoms with E-state index in [4.69, 9.17) is 4.74 Å². The van der Waals surface area contributed by atoms with Gasteiger partial charge in [0, 0.05) is 31.2 Å². The van der Waals surface area contributed by atoms with Gasteiger partial charge in [0.2, 0.25) is 5.91 Å². The second-order valence-corrected chi connectivity index (χ2v) is 8.76. The molecule has 0 saturated carbocycles. The smallest absolute Gasteiger partial charge is 0.259 e. The maximum absolute atomic E-state index is 13.7. The predicted molar refractivity (Wildman–Crippen MR) is 138 cm³/mol. The highest BCUT2D eigenvalue weighted by Crippen LogP contribution is 2.25. The summed E-state index contributed by atoms with van der Waals surface area (Å²) in [4.78, 5) is 28.5. The fraction of sp³-hybridized carbons (Fsp3) is 0.250. The first-order valence-corrected chi connectivity index (χ1v) is 12.2. The Hall–Kier alpha value is -4.33. The van der Waals surface area contributed by atoms with E-state index in [0.717, 1.165) is 24.3 Å². The van der Waals surface area contributed by atoms with E-state index in [0.29, 0.717) is 36.8 Å². The SMILES string of the molecule is CCOc1ccc(NC(=O)[C@H]2CCCN(C(=O)c3cnn(-c4ccccc4)c3-n3cccc3)C2)cc1. The number of hydrogen-bond donors (Lipinski definition) is 1. The molecule has 1 aliphatic rings. The van der Waals surface area contributed by atoms with Crippen LogP contribution in [-0.4, -0.2) is 50.8 Å². The summed E-state index contributed by atoms with van der Waals surface area (Å²) < 4.78 is 9.13. The van der Waals surface area contributed by atoms with E-state index in [1.165, 1.54) is 0 Å². The van der Waals surface area contributed by atoms with Crippen LogP contribution in [0.4, 0.5) is 5.69 Å². The molecule has 8 nitrogen and oxygen atoms in total. The highest BCUT2D eigenvalue weighted by Gasteiger charge is 2.31. The van der Waals surface area contributed by atoms with Gasteiger partial charge in [0.15, 0.2) is 5.82 Å². The average Bonchev–Trinajstić information content (AvgIpc) is 3.60. The van der Waals surface area contributed by atoms with Gasteiger partial charge in [-0.15, -0.1) is 0 Å². The Balaban J connectivity index is 1.34. The van der Waals surface area contributed by atoms with Gasteiger partial charge in [-0.1, -0.05) is 18.2 Å². The van der Waals surface area contributed by atoms with Crippen molar-refractivity contribution in [3.63, 3.8) is 0 Å². The highest BCUT2D eigenvalue weighted by atomic mass is 16.5. The van der Waals surface area contributed by atoms with Gasteiger partial charge in [0.25, 0.3) is 5.91 Å². The lowest BCUT2D eigenvalue weighted by atomic mass is 9.96. The van der Waals surface area contributed by atoms with Crippen LogP contribution in [0.25, 0.3) is 11.5 Å². The van der Waals surface area contributed by atoms with Crippen molar-refractivity contribution < 1.29 is 14.3 Å². The summed E-state index contributed by atoms with van der Waals surface area (Å²) >= 11 is 0. The molecule has 0 unspecified atom stereocenters. The summed E-state index contributed by atoms with van der Waals surface area (Å²) in [5, 5.41) is 7.53. The van der Waals surface area contributed by atoms with Crippen LogP contribution in [0.15, 0.2) is 85.3 Å². The number of ether oxygens (including phenoxy) is 1. The maximum atomic E-state index is 13.7. The molecule has 5 rings (SSSR count). The summed E-state index contributed by atoms with van der Waals surface area (Å²) in [5.74, 6) is 0.951. The number of nitrogens with zero attached hydrogens (tertiary/aromatic N) is 4. The number of carbonyl (C=O) groups is 2. The lowest BCUT2D eigenvalue weighted by molar-refractivity contribution is -0.121. The number of amides is 2. The molecule has 1 fully saturated rings. The standard InChI is InChI=1S/C28H29N5O3/c1-2-36-24-14-12-22(13-15-24)30-26(34)21-9-8-18-32(20-21)28(35)25-19-29-33(23-10-4-3-5-11-23)27(25)31-16-6-7-17-31/h3-7,10-17,19,21H,2,8-9,18,20H2,1H3,(H,30,34)/t21-/m0/s1. The minimum atomic E-state index is -0.284. The first-order chi connectivity index (χ1) is 17.6. The summed E-state index contributed by atoms with van der Waals surface area (Å²) in [7, 11) is 0. The van der Waals surface area contributed by atoms with E-state index in [9.17, 15) is 9.59 Å². The molecule has 8 heteroatoms.